The van der Waals surface area contributed by atoms with E-state index in [2.05, 4.69) is 21.2 Å². The molecular formula is C12H13BrFNO. The van der Waals surface area contributed by atoms with E-state index in [1.165, 1.54) is 0 Å². The SMILES string of the molecule is Fc1cc(Br)cc2c1C1(CCOCC1)CN2. The summed E-state index contributed by atoms with van der Waals surface area (Å²) < 4.78 is 20.2. The second-order valence-electron chi connectivity index (χ2n) is 4.56. The van der Waals surface area contributed by atoms with Gasteiger partial charge < -0.3 is 10.1 Å². The lowest BCUT2D eigenvalue weighted by Gasteiger charge is -2.33. The number of nitrogens with one attached hydrogen (secondary N) is 1. The fraction of sp³-hybridized carbons (Fsp3) is 0.500. The molecule has 2 heterocycles. The molecule has 2 aliphatic rings. The topological polar surface area (TPSA) is 21.3 Å². The van der Waals surface area contributed by atoms with Crippen LogP contribution in [0.1, 0.15) is 18.4 Å². The normalized spacial score (nSPS) is 21.9. The van der Waals surface area contributed by atoms with Gasteiger partial charge in [0.1, 0.15) is 5.82 Å². The Morgan fingerprint density at radius 3 is 2.81 bits per heavy atom. The van der Waals surface area contributed by atoms with E-state index < -0.39 is 0 Å². The number of fused-ring (bicyclic) bond motifs is 2. The number of hydrogen-bond donors (Lipinski definition) is 1. The number of hydrogen-bond acceptors (Lipinski definition) is 2. The second-order valence-corrected chi connectivity index (χ2v) is 5.47. The van der Waals surface area contributed by atoms with Crippen LogP contribution in [-0.4, -0.2) is 19.8 Å². The van der Waals surface area contributed by atoms with Crippen molar-refractivity contribution in [3.8, 4) is 0 Å². The molecule has 0 saturated carbocycles. The maximum Gasteiger partial charge on any atom is 0.130 e. The maximum absolute atomic E-state index is 14.1. The number of halogens is 2. The monoisotopic (exact) mass is 285 g/mol. The molecule has 16 heavy (non-hydrogen) atoms. The predicted octanol–water partition coefficient (Wildman–Crippen LogP) is 3.06. The highest BCUT2D eigenvalue weighted by molar-refractivity contribution is 9.10. The van der Waals surface area contributed by atoms with Gasteiger partial charge in [-0.2, -0.15) is 0 Å². The zero-order valence-corrected chi connectivity index (χ0v) is 10.4. The standard InChI is InChI=1S/C12H13BrFNO/c13-8-5-9(14)11-10(6-8)15-7-12(11)1-3-16-4-2-12/h5-6,15H,1-4,7H2. The molecule has 1 fully saturated rings. The second kappa shape index (κ2) is 3.70. The van der Waals surface area contributed by atoms with E-state index in [0.29, 0.717) is 0 Å². The zero-order valence-electron chi connectivity index (χ0n) is 8.85. The van der Waals surface area contributed by atoms with Gasteiger partial charge in [0.15, 0.2) is 0 Å². The van der Waals surface area contributed by atoms with Gasteiger partial charge in [-0.05, 0) is 25.0 Å². The third-order valence-corrected chi connectivity index (χ3v) is 4.11. The van der Waals surface area contributed by atoms with Crippen molar-refractivity contribution in [1.29, 1.82) is 0 Å². The summed E-state index contributed by atoms with van der Waals surface area (Å²) in [6, 6.07) is 3.52. The maximum atomic E-state index is 14.1. The molecule has 0 unspecified atom stereocenters. The summed E-state index contributed by atoms with van der Waals surface area (Å²) in [5.74, 6) is -0.101. The highest BCUT2D eigenvalue weighted by Crippen LogP contribution is 2.45. The van der Waals surface area contributed by atoms with Crippen LogP contribution >= 0.6 is 15.9 Å². The first-order chi connectivity index (χ1) is 7.71. The summed E-state index contributed by atoms with van der Waals surface area (Å²) in [4.78, 5) is 0. The summed E-state index contributed by atoms with van der Waals surface area (Å²) in [5.41, 5.74) is 1.76. The summed E-state index contributed by atoms with van der Waals surface area (Å²) in [6.45, 7) is 2.30. The third kappa shape index (κ3) is 1.47. The Morgan fingerprint density at radius 1 is 1.31 bits per heavy atom. The quantitative estimate of drug-likeness (QED) is 0.791. The van der Waals surface area contributed by atoms with E-state index in [1.807, 2.05) is 6.07 Å². The van der Waals surface area contributed by atoms with Gasteiger partial charge in [-0.3, -0.25) is 0 Å². The van der Waals surface area contributed by atoms with Crippen molar-refractivity contribution in [3.05, 3.63) is 28.0 Å². The molecule has 0 bridgehead atoms. The van der Waals surface area contributed by atoms with Crippen molar-refractivity contribution in [3.63, 3.8) is 0 Å². The van der Waals surface area contributed by atoms with Crippen LogP contribution < -0.4 is 5.32 Å². The Morgan fingerprint density at radius 2 is 2.06 bits per heavy atom. The van der Waals surface area contributed by atoms with E-state index in [1.54, 1.807) is 6.07 Å². The Labute approximate surface area is 102 Å². The van der Waals surface area contributed by atoms with Crippen LogP contribution in [0, 0.1) is 5.82 Å². The first-order valence-electron chi connectivity index (χ1n) is 5.52. The van der Waals surface area contributed by atoms with Crippen molar-refractivity contribution in [2.24, 2.45) is 0 Å². The molecule has 1 aromatic rings. The molecule has 0 aromatic heterocycles. The van der Waals surface area contributed by atoms with Crippen molar-refractivity contribution in [1.82, 2.24) is 0 Å². The van der Waals surface area contributed by atoms with Crippen molar-refractivity contribution in [2.75, 3.05) is 25.1 Å². The van der Waals surface area contributed by atoms with Crippen LogP contribution in [0.2, 0.25) is 0 Å². The molecule has 1 aromatic carbocycles. The number of rotatable bonds is 0. The predicted molar refractivity (Wildman–Crippen MR) is 64.3 cm³/mol. The van der Waals surface area contributed by atoms with Crippen molar-refractivity contribution < 1.29 is 9.13 Å². The van der Waals surface area contributed by atoms with Gasteiger partial charge >= 0.3 is 0 Å². The molecule has 0 atom stereocenters. The van der Waals surface area contributed by atoms with E-state index in [4.69, 9.17) is 4.74 Å². The summed E-state index contributed by atoms with van der Waals surface area (Å²) >= 11 is 3.32. The van der Waals surface area contributed by atoms with Gasteiger partial charge in [-0.25, -0.2) is 4.39 Å². The Hall–Kier alpha value is -0.610. The molecule has 1 saturated heterocycles. The average Bonchev–Trinajstić information content (AvgIpc) is 2.58. The van der Waals surface area contributed by atoms with Crippen LogP contribution in [0.25, 0.3) is 0 Å². The smallest absolute Gasteiger partial charge is 0.130 e. The molecule has 4 heteroatoms. The fourth-order valence-electron chi connectivity index (χ4n) is 2.79. The molecular weight excluding hydrogens is 273 g/mol. The van der Waals surface area contributed by atoms with E-state index in [9.17, 15) is 4.39 Å². The van der Waals surface area contributed by atoms with E-state index >= 15 is 0 Å². The van der Waals surface area contributed by atoms with Crippen molar-refractivity contribution in [2.45, 2.75) is 18.3 Å². The van der Waals surface area contributed by atoms with E-state index in [-0.39, 0.29) is 11.2 Å². The molecule has 3 rings (SSSR count). The lowest BCUT2D eigenvalue weighted by molar-refractivity contribution is 0.0556. The molecule has 86 valence electrons. The minimum atomic E-state index is -0.101. The van der Waals surface area contributed by atoms with Gasteiger partial charge in [-0.1, -0.05) is 15.9 Å². The Bertz CT molecular complexity index is 429. The summed E-state index contributed by atoms with van der Waals surface area (Å²) in [7, 11) is 0. The van der Waals surface area contributed by atoms with Crippen LogP contribution in [0.5, 0.6) is 0 Å². The molecule has 2 nitrogen and oxygen atoms in total. The number of anilines is 1. The van der Waals surface area contributed by atoms with Gasteiger partial charge in [0, 0.05) is 40.9 Å². The highest BCUT2D eigenvalue weighted by Gasteiger charge is 2.42. The van der Waals surface area contributed by atoms with Crippen LogP contribution in [0.3, 0.4) is 0 Å². The molecule has 0 aliphatic carbocycles. The Balaban J connectivity index is 2.10. The molecule has 1 N–H and O–H groups in total. The lowest BCUT2D eigenvalue weighted by Crippen LogP contribution is -2.36. The minimum Gasteiger partial charge on any atom is -0.384 e. The summed E-state index contributed by atoms with van der Waals surface area (Å²) in [6.07, 6.45) is 1.82. The average molecular weight is 286 g/mol. The molecule has 0 radical (unpaired) electrons. The highest BCUT2D eigenvalue weighted by atomic mass is 79.9. The van der Waals surface area contributed by atoms with Crippen molar-refractivity contribution >= 4 is 21.6 Å². The van der Waals surface area contributed by atoms with Gasteiger partial charge in [-0.15, -0.1) is 0 Å². The van der Waals surface area contributed by atoms with Crippen LogP contribution in [0.15, 0.2) is 16.6 Å². The van der Waals surface area contributed by atoms with Gasteiger partial charge in [0.25, 0.3) is 0 Å². The van der Waals surface area contributed by atoms with Crippen LogP contribution in [0.4, 0.5) is 10.1 Å². The minimum absolute atomic E-state index is 0.0433. The zero-order chi connectivity index (χ0) is 11.2. The van der Waals surface area contributed by atoms with Gasteiger partial charge in [0.05, 0.1) is 0 Å². The largest absolute Gasteiger partial charge is 0.384 e. The summed E-state index contributed by atoms with van der Waals surface area (Å²) in [5, 5.41) is 3.32. The van der Waals surface area contributed by atoms with Crippen LogP contribution in [-0.2, 0) is 10.2 Å². The Kier molecular flexibility index (Phi) is 2.44. The first kappa shape index (κ1) is 10.5. The third-order valence-electron chi connectivity index (χ3n) is 3.65. The number of benzene rings is 1. The molecule has 1 spiro atoms. The van der Waals surface area contributed by atoms with Gasteiger partial charge in [0.2, 0.25) is 0 Å². The van der Waals surface area contributed by atoms with E-state index in [0.717, 1.165) is 48.3 Å². The first-order valence-corrected chi connectivity index (χ1v) is 6.32. The lowest BCUT2D eigenvalue weighted by atomic mass is 9.75. The fourth-order valence-corrected chi connectivity index (χ4v) is 3.22. The molecule has 2 aliphatic heterocycles. The number of ether oxygens (including phenoxy) is 1. The molecule has 0 amide bonds.